The molecular weight excluding hydrogens is 430 g/mol. The number of rotatable bonds is 5. The summed E-state index contributed by atoms with van der Waals surface area (Å²) in [5.74, 6) is -20.0. The molecule has 0 aromatic carbocycles. The molecule has 0 amide bonds. The lowest BCUT2D eigenvalue weighted by molar-refractivity contribution is -0.368. The van der Waals surface area contributed by atoms with Gasteiger partial charge in [-0.2, -0.15) is 48.3 Å². The molecule has 1 atom stereocenters. The lowest BCUT2D eigenvalue weighted by atomic mass is 9.99. The van der Waals surface area contributed by atoms with E-state index in [-0.39, 0.29) is 0 Å². The van der Waals surface area contributed by atoms with E-state index in [9.17, 15) is 52.7 Å². The molecule has 0 radical (unpaired) electrons. The van der Waals surface area contributed by atoms with Gasteiger partial charge in [0.15, 0.2) is 5.03 Å². The van der Waals surface area contributed by atoms with Crippen molar-refractivity contribution in [2.45, 2.75) is 34.4 Å². The van der Waals surface area contributed by atoms with Crippen LogP contribution in [0.4, 0.5) is 52.7 Å². The molecule has 0 nitrogen and oxygen atoms in total. The number of alkyl halides is 12. The summed E-state index contributed by atoms with van der Waals surface area (Å²) in [5.41, 5.74) is 0. The highest BCUT2D eigenvalue weighted by molar-refractivity contribution is 6.51. The molecule has 0 spiro atoms. The third-order valence-electron chi connectivity index (χ3n) is 2.27. The Morgan fingerprint density at radius 2 is 1.13 bits per heavy atom. The van der Waals surface area contributed by atoms with E-state index in [2.05, 4.69) is 34.8 Å². The number of allylic oxidation sites excluding steroid dienone is 1. The van der Waals surface area contributed by atoms with Crippen molar-refractivity contribution in [3.63, 3.8) is 0 Å². The highest BCUT2D eigenvalue weighted by Gasteiger charge is 2.81. The van der Waals surface area contributed by atoms with Gasteiger partial charge in [0.05, 0.1) is 0 Å². The van der Waals surface area contributed by atoms with Crippen LogP contribution >= 0.6 is 34.8 Å². The van der Waals surface area contributed by atoms with Gasteiger partial charge in [-0.05, 0) is 0 Å². The highest BCUT2D eigenvalue weighted by atomic mass is 35.5. The first-order valence-electron chi connectivity index (χ1n) is 4.69. The molecule has 0 saturated heterocycles. The van der Waals surface area contributed by atoms with Gasteiger partial charge in [-0.15, -0.1) is 0 Å². The predicted octanol–water partition coefficient (Wildman–Crippen LogP) is 6.31. The minimum atomic E-state index is -7.20. The second kappa shape index (κ2) is 6.25. The number of hydrogen-bond donors (Lipinski definition) is 0. The SMILES string of the molecule is FC(F)=C(Cl)C(F)(F)C(Cl)(Cl)C(F)C(F)(F)C(F)(F)C(F)(F)F. The van der Waals surface area contributed by atoms with Crippen LogP contribution < -0.4 is 0 Å². The zero-order valence-corrected chi connectivity index (χ0v) is 12.0. The van der Waals surface area contributed by atoms with Crippen LogP contribution in [0.1, 0.15) is 0 Å². The summed E-state index contributed by atoms with van der Waals surface area (Å²) < 4.78 is 145. The quantitative estimate of drug-likeness (QED) is 0.353. The van der Waals surface area contributed by atoms with E-state index in [0.29, 0.717) is 0 Å². The van der Waals surface area contributed by atoms with E-state index in [0.717, 1.165) is 0 Å². The van der Waals surface area contributed by atoms with E-state index >= 15 is 0 Å². The van der Waals surface area contributed by atoms with Crippen molar-refractivity contribution in [3.8, 4) is 0 Å². The Morgan fingerprint density at radius 3 is 1.39 bits per heavy atom. The Bertz CT molecular complexity index is 475. The second-order valence-electron chi connectivity index (χ2n) is 3.83. The Kier molecular flexibility index (Phi) is 6.19. The van der Waals surface area contributed by atoms with Gasteiger partial charge < -0.3 is 0 Å². The average molecular weight is 431 g/mol. The topological polar surface area (TPSA) is 0 Å². The maximum Gasteiger partial charge on any atom is 0.459 e. The first-order valence-corrected chi connectivity index (χ1v) is 5.83. The van der Waals surface area contributed by atoms with Gasteiger partial charge in [-0.3, -0.25) is 0 Å². The summed E-state index contributed by atoms with van der Waals surface area (Å²) in [6, 6.07) is 0. The molecule has 0 bridgehead atoms. The normalized spacial score (nSPS) is 16.3. The minimum Gasteiger partial charge on any atom is -0.237 e. The van der Waals surface area contributed by atoms with Gasteiger partial charge in [0.2, 0.25) is 10.5 Å². The Balaban J connectivity index is 6.11. The predicted molar refractivity (Wildman–Crippen MR) is 55.3 cm³/mol. The monoisotopic (exact) mass is 430 g/mol. The van der Waals surface area contributed by atoms with Crippen molar-refractivity contribution in [2.75, 3.05) is 0 Å². The van der Waals surface area contributed by atoms with Crippen LogP contribution in [0.3, 0.4) is 0 Å². The average Bonchev–Trinajstić information content (AvgIpc) is 2.34. The van der Waals surface area contributed by atoms with Crippen LogP contribution in [0.15, 0.2) is 11.1 Å². The van der Waals surface area contributed by atoms with Gasteiger partial charge >= 0.3 is 23.9 Å². The Morgan fingerprint density at radius 1 is 0.783 bits per heavy atom. The highest BCUT2D eigenvalue weighted by Crippen LogP contribution is 2.57. The van der Waals surface area contributed by atoms with Crippen LogP contribution in [0.5, 0.6) is 0 Å². The van der Waals surface area contributed by atoms with Crippen molar-refractivity contribution in [3.05, 3.63) is 11.1 Å². The molecule has 0 aliphatic heterocycles. The summed E-state index contributed by atoms with van der Waals surface area (Å²) in [4.78, 5) is 0. The molecule has 0 aromatic rings. The molecule has 0 aromatic heterocycles. The van der Waals surface area contributed by atoms with Gasteiger partial charge in [-0.1, -0.05) is 34.8 Å². The summed E-state index contributed by atoms with van der Waals surface area (Å²) in [5, 5.41) is -3.02. The van der Waals surface area contributed by atoms with E-state index in [1.165, 1.54) is 0 Å². The fourth-order valence-corrected chi connectivity index (χ4v) is 1.71. The summed E-state index contributed by atoms with van der Waals surface area (Å²) in [6.07, 6.45) is -16.0. The lowest BCUT2D eigenvalue weighted by Crippen LogP contribution is -2.63. The number of halogens is 15. The standard InChI is InChI=1S/C8HCl3F12/c9-1(2(12)13)5(15,16)4(10,11)3(14)6(17,18)7(19,20)8(21,22)23/h3H. The number of hydrogen-bond acceptors (Lipinski definition) is 0. The smallest absolute Gasteiger partial charge is 0.237 e. The van der Waals surface area contributed by atoms with E-state index in [1.54, 1.807) is 0 Å². The fraction of sp³-hybridized carbons (Fsp3) is 0.750. The van der Waals surface area contributed by atoms with Crippen molar-refractivity contribution in [2.24, 2.45) is 0 Å². The molecule has 0 aliphatic rings. The lowest BCUT2D eigenvalue weighted by Gasteiger charge is -2.38. The second-order valence-corrected chi connectivity index (χ2v) is 5.59. The van der Waals surface area contributed by atoms with Gasteiger partial charge in [0, 0.05) is 0 Å². The first kappa shape index (κ1) is 22.8. The molecule has 0 saturated carbocycles. The third kappa shape index (κ3) is 3.58. The summed E-state index contributed by atoms with van der Waals surface area (Å²) in [7, 11) is 0. The third-order valence-corrected chi connectivity index (χ3v) is 3.51. The van der Waals surface area contributed by atoms with Gasteiger partial charge in [-0.25, -0.2) is 4.39 Å². The molecule has 138 valence electrons. The molecule has 0 N–H and O–H groups in total. The molecule has 0 heterocycles. The summed E-state index contributed by atoms with van der Waals surface area (Å²) >= 11 is 13.0. The van der Waals surface area contributed by atoms with Crippen LogP contribution in [-0.2, 0) is 0 Å². The Hall–Kier alpha value is -0.230. The van der Waals surface area contributed by atoms with Crippen molar-refractivity contribution < 1.29 is 52.7 Å². The summed E-state index contributed by atoms with van der Waals surface area (Å²) in [6.45, 7) is 0. The van der Waals surface area contributed by atoms with Crippen LogP contribution in [0.25, 0.3) is 0 Å². The molecular formula is C8HCl3F12. The van der Waals surface area contributed by atoms with Gasteiger partial charge in [0.25, 0.3) is 6.08 Å². The van der Waals surface area contributed by atoms with Crippen molar-refractivity contribution >= 4 is 34.8 Å². The maximum absolute atomic E-state index is 13.3. The molecule has 23 heavy (non-hydrogen) atoms. The van der Waals surface area contributed by atoms with Crippen molar-refractivity contribution in [1.82, 2.24) is 0 Å². The first-order chi connectivity index (χ1) is 9.76. The molecule has 1 unspecified atom stereocenters. The van der Waals surface area contributed by atoms with Gasteiger partial charge in [0.1, 0.15) is 0 Å². The van der Waals surface area contributed by atoms with Crippen molar-refractivity contribution in [1.29, 1.82) is 0 Å². The molecule has 0 rings (SSSR count). The van der Waals surface area contributed by atoms with Crippen LogP contribution in [0, 0.1) is 0 Å². The zero-order valence-electron chi connectivity index (χ0n) is 9.75. The zero-order chi connectivity index (χ0) is 19.2. The molecule has 0 aliphatic carbocycles. The molecule has 0 fully saturated rings. The Labute approximate surface area is 134 Å². The molecule has 15 heteroatoms. The van der Waals surface area contributed by atoms with Crippen LogP contribution in [0.2, 0.25) is 0 Å². The van der Waals surface area contributed by atoms with E-state index in [4.69, 9.17) is 0 Å². The van der Waals surface area contributed by atoms with E-state index in [1.807, 2.05) is 0 Å². The van der Waals surface area contributed by atoms with Crippen LogP contribution in [-0.4, -0.2) is 34.4 Å². The maximum atomic E-state index is 13.3. The fourth-order valence-electron chi connectivity index (χ4n) is 1.000. The largest absolute Gasteiger partial charge is 0.459 e. The van der Waals surface area contributed by atoms with E-state index < -0.39 is 45.6 Å². The minimum absolute atomic E-state index is 3.02.